The molecule has 0 aliphatic carbocycles. The molecular formula is C28H28N2O5. The summed E-state index contributed by atoms with van der Waals surface area (Å²) in [7, 11) is 3.12. The van der Waals surface area contributed by atoms with Crippen molar-refractivity contribution in [1.82, 2.24) is 4.90 Å². The molecular weight excluding hydrogens is 444 g/mol. The molecule has 4 aromatic rings. The summed E-state index contributed by atoms with van der Waals surface area (Å²) in [5.74, 6) is 1.25. The van der Waals surface area contributed by atoms with E-state index in [1.54, 1.807) is 50.6 Å². The van der Waals surface area contributed by atoms with Gasteiger partial charge in [-0.15, -0.1) is 0 Å². The molecule has 0 spiro atoms. The summed E-state index contributed by atoms with van der Waals surface area (Å²) in [6, 6.07) is 20.9. The van der Waals surface area contributed by atoms with Crippen LogP contribution in [-0.4, -0.2) is 50.4 Å². The Kier molecular flexibility index (Phi) is 6.33. The Morgan fingerprint density at radius 3 is 2.34 bits per heavy atom. The van der Waals surface area contributed by atoms with Crippen LogP contribution in [0.5, 0.6) is 17.2 Å². The zero-order chi connectivity index (χ0) is 24.4. The highest BCUT2D eigenvalue weighted by Gasteiger charge is 2.21. The molecule has 0 saturated carbocycles. The molecule has 2 heterocycles. The van der Waals surface area contributed by atoms with Gasteiger partial charge >= 0.3 is 5.63 Å². The minimum atomic E-state index is -0.467. The third-order valence-corrected chi connectivity index (χ3v) is 6.55. The van der Waals surface area contributed by atoms with E-state index in [0.717, 1.165) is 31.6 Å². The smallest absolute Gasteiger partial charge is 0.344 e. The molecule has 1 aromatic heterocycles. The Bertz CT molecular complexity index is 1390. The first-order valence-electron chi connectivity index (χ1n) is 11.6. The topological polar surface area (TPSA) is 75.4 Å². The molecule has 0 bridgehead atoms. The van der Waals surface area contributed by atoms with Gasteiger partial charge in [-0.1, -0.05) is 24.3 Å². The van der Waals surface area contributed by atoms with Gasteiger partial charge in [0.05, 0.1) is 25.3 Å². The second-order valence-electron chi connectivity index (χ2n) is 8.60. The van der Waals surface area contributed by atoms with Crippen molar-refractivity contribution < 1.29 is 19.0 Å². The van der Waals surface area contributed by atoms with Gasteiger partial charge in [0.25, 0.3) is 0 Å². The summed E-state index contributed by atoms with van der Waals surface area (Å²) in [5.41, 5.74) is 2.90. The molecule has 3 aromatic carbocycles. The number of nitrogens with zero attached hydrogens (tertiary/aromatic N) is 2. The van der Waals surface area contributed by atoms with Gasteiger partial charge in [0, 0.05) is 43.8 Å². The lowest BCUT2D eigenvalue weighted by molar-refractivity contribution is 0.246. The standard InChI is InChI=1S/C28H28N2O5/c1-33-25-11-9-19(17-26(25)34-2)22-16-20-8-10-24(31)23(27(20)35-28(22)32)18-29-12-14-30(15-13-29)21-6-4-3-5-7-21/h3-11,16-17,31H,12-15,18H2,1-2H3. The molecule has 7 heteroatoms. The van der Waals surface area contributed by atoms with Gasteiger partial charge in [0.2, 0.25) is 0 Å². The monoisotopic (exact) mass is 472 g/mol. The summed E-state index contributed by atoms with van der Waals surface area (Å²) in [6.07, 6.45) is 0. The van der Waals surface area contributed by atoms with Crippen LogP contribution in [0, 0.1) is 0 Å². The average molecular weight is 473 g/mol. The van der Waals surface area contributed by atoms with E-state index in [4.69, 9.17) is 13.9 Å². The third-order valence-electron chi connectivity index (χ3n) is 6.55. The largest absolute Gasteiger partial charge is 0.507 e. The van der Waals surface area contributed by atoms with Crippen LogP contribution in [-0.2, 0) is 6.54 Å². The quantitative estimate of drug-likeness (QED) is 0.414. The predicted octanol–water partition coefficient (Wildman–Crippen LogP) is 4.51. The first kappa shape index (κ1) is 22.8. The van der Waals surface area contributed by atoms with Crippen LogP contribution in [0.1, 0.15) is 5.56 Å². The molecule has 1 aliphatic heterocycles. The van der Waals surface area contributed by atoms with E-state index in [0.29, 0.717) is 40.3 Å². The molecule has 0 atom stereocenters. The molecule has 1 saturated heterocycles. The molecule has 7 nitrogen and oxygen atoms in total. The fourth-order valence-corrected chi connectivity index (χ4v) is 4.62. The molecule has 1 N–H and O–H groups in total. The van der Waals surface area contributed by atoms with E-state index in [2.05, 4.69) is 21.9 Å². The van der Waals surface area contributed by atoms with Gasteiger partial charge in [-0.3, -0.25) is 4.90 Å². The molecule has 0 unspecified atom stereocenters. The molecule has 35 heavy (non-hydrogen) atoms. The number of anilines is 1. The Balaban J connectivity index is 1.42. The summed E-state index contributed by atoms with van der Waals surface area (Å²) < 4.78 is 16.5. The van der Waals surface area contributed by atoms with Gasteiger partial charge < -0.3 is 23.9 Å². The highest BCUT2D eigenvalue weighted by atomic mass is 16.5. The lowest BCUT2D eigenvalue weighted by atomic mass is 10.0. The Hall–Kier alpha value is -3.97. The number of phenolic OH excluding ortho intramolecular Hbond substituents is 1. The Labute approximate surface area is 203 Å². The number of phenols is 1. The molecule has 180 valence electrons. The molecule has 0 amide bonds. The van der Waals surface area contributed by atoms with Gasteiger partial charge in [0.1, 0.15) is 11.3 Å². The van der Waals surface area contributed by atoms with Crippen molar-refractivity contribution in [3.63, 3.8) is 0 Å². The van der Waals surface area contributed by atoms with E-state index in [1.165, 1.54) is 5.69 Å². The van der Waals surface area contributed by atoms with Crippen molar-refractivity contribution in [2.45, 2.75) is 6.54 Å². The number of para-hydroxylation sites is 1. The van der Waals surface area contributed by atoms with E-state index in [-0.39, 0.29) is 5.75 Å². The minimum Gasteiger partial charge on any atom is -0.507 e. The maximum atomic E-state index is 13.0. The van der Waals surface area contributed by atoms with Crippen molar-refractivity contribution in [3.05, 3.63) is 82.7 Å². The maximum absolute atomic E-state index is 13.0. The minimum absolute atomic E-state index is 0.130. The fraction of sp³-hybridized carbons (Fsp3) is 0.250. The zero-order valence-electron chi connectivity index (χ0n) is 19.9. The van der Waals surface area contributed by atoms with Crippen molar-refractivity contribution >= 4 is 16.7 Å². The van der Waals surface area contributed by atoms with Crippen molar-refractivity contribution in [3.8, 4) is 28.4 Å². The van der Waals surface area contributed by atoms with Crippen LogP contribution in [0.15, 0.2) is 75.9 Å². The number of hydrogen-bond donors (Lipinski definition) is 1. The number of benzene rings is 3. The highest BCUT2D eigenvalue weighted by molar-refractivity contribution is 5.86. The van der Waals surface area contributed by atoms with Crippen LogP contribution in [0.2, 0.25) is 0 Å². The number of rotatable bonds is 6. The summed E-state index contributed by atoms with van der Waals surface area (Å²) >= 11 is 0. The number of fused-ring (bicyclic) bond motifs is 1. The SMILES string of the molecule is COc1ccc(-c2cc3ccc(O)c(CN4CCN(c5ccccc5)CC4)c3oc2=O)cc1OC. The number of hydrogen-bond acceptors (Lipinski definition) is 7. The van der Waals surface area contributed by atoms with E-state index >= 15 is 0 Å². The number of methoxy groups -OCH3 is 2. The molecule has 0 radical (unpaired) electrons. The van der Waals surface area contributed by atoms with Crippen LogP contribution in [0.3, 0.4) is 0 Å². The fourth-order valence-electron chi connectivity index (χ4n) is 4.62. The second-order valence-corrected chi connectivity index (χ2v) is 8.60. The molecule has 5 rings (SSSR count). The number of piperazine rings is 1. The second kappa shape index (κ2) is 9.72. The molecule has 1 fully saturated rings. The zero-order valence-corrected chi connectivity index (χ0v) is 19.9. The molecule has 1 aliphatic rings. The third kappa shape index (κ3) is 4.55. The normalized spacial score (nSPS) is 14.3. The van der Waals surface area contributed by atoms with Crippen molar-refractivity contribution in [2.75, 3.05) is 45.3 Å². The van der Waals surface area contributed by atoms with Crippen LogP contribution >= 0.6 is 0 Å². The number of ether oxygens (including phenoxy) is 2. The first-order valence-corrected chi connectivity index (χ1v) is 11.6. The lowest BCUT2D eigenvalue weighted by Crippen LogP contribution is -2.46. The van der Waals surface area contributed by atoms with Gasteiger partial charge in [-0.25, -0.2) is 4.79 Å². The van der Waals surface area contributed by atoms with E-state index < -0.39 is 5.63 Å². The summed E-state index contributed by atoms with van der Waals surface area (Å²) in [6.45, 7) is 3.98. The average Bonchev–Trinajstić information content (AvgIpc) is 2.90. The number of aromatic hydroxyl groups is 1. The van der Waals surface area contributed by atoms with Crippen LogP contribution < -0.4 is 20.0 Å². The van der Waals surface area contributed by atoms with E-state index in [9.17, 15) is 9.90 Å². The Morgan fingerprint density at radius 2 is 1.63 bits per heavy atom. The van der Waals surface area contributed by atoms with E-state index in [1.807, 2.05) is 18.2 Å². The van der Waals surface area contributed by atoms with Crippen LogP contribution in [0.4, 0.5) is 5.69 Å². The Morgan fingerprint density at radius 1 is 0.886 bits per heavy atom. The maximum Gasteiger partial charge on any atom is 0.344 e. The highest BCUT2D eigenvalue weighted by Crippen LogP contribution is 2.34. The lowest BCUT2D eigenvalue weighted by Gasteiger charge is -2.36. The van der Waals surface area contributed by atoms with Gasteiger partial charge in [-0.2, -0.15) is 0 Å². The van der Waals surface area contributed by atoms with Crippen LogP contribution in [0.25, 0.3) is 22.1 Å². The summed E-state index contributed by atoms with van der Waals surface area (Å²) in [5, 5.41) is 11.4. The first-order chi connectivity index (χ1) is 17.1. The van der Waals surface area contributed by atoms with Gasteiger partial charge in [0.15, 0.2) is 11.5 Å². The van der Waals surface area contributed by atoms with Gasteiger partial charge in [-0.05, 0) is 48.0 Å². The van der Waals surface area contributed by atoms with Crippen molar-refractivity contribution in [1.29, 1.82) is 0 Å². The van der Waals surface area contributed by atoms with Crippen molar-refractivity contribution in [2.24, 2.45) is 0 Å². The summed E-state index contributed by atoms with van der Waals surface area (Å²) in [4.78, 5) is 17.6. The predicted molar refractivity (Wildman–Crippen MR) is 137 cm³/mol.